The van der Waals surface area contributed by atoms with Gasteiger partial charge in [0.25, 0.3) is 0 Å². The first-order valence-electron chi connectivity index (χ1n) is 4.29. The molecule has 0 aliphatic carbocycles. The van der Waals surface area contributed by atoms with Crippen molar-refractivity contribution in [3.05, 3.63) is 35.9 Å². The Balaban J connectivity index is 2.16. The number of nitrogens with two attached hydrogens (primary N) is 1. The Labute approximate surface area is 73.8 Å². The van der Waals surface area contributed by atoms with Crippen LogP contribution in [0.1, 0.15) is 12.0 Å². The van der Waals surface area contributed by atoms with Crippen LogP contribution in [0, 0.1) is 6.07 Å². The van der Waals surface area contributed by atoms with Crippen LogP contribution in [0.4, 0.5) is 0 Å². The second-order valence-electron chi connectivity index (χ2n) is 2.73. The second kappa shape index (κ2) is 5.75. The molecule has 1 radical (unpaired) electrons. The maximum absolute atomic E-state index is 5.36. The number of hydrogen-bond donors (Lipinski definition) is 2. The molecular weight excluding hydrogens is 148 g/mol. The van der Waals surface area contributed by atoms with Gasteiger partial charge in [0.05, 0.1) is 0 Å². The molecule has 0 spiro atoms. The summed E-state index contributed by atoms with van der Waals surface area (Å²) in [5, 5.41) is 3.31. The smallest absolute Gasteiger partial charge is 0.0205 e. The minimum Gasteiger partial charge on any atom is -0.330 e. The molecule has 1 rings (SSSR count). The van der Waals surface area contributed by atoms with Crippen LogP contribution in [0.15, 0.2) is 24.3 Å². The van der Waals surface area contributed by atoms with Gasteiger partial charge >= 0.3 is 0 Å². The van der Waals surface area contributed by atoms with Gasteiger partial charge in [-0.15, -0.1) is 0 Å². The molecule has 0 aliphatic heterocycles. The zero-order valence-electron chi connectivity index (χ0n) is 7.22. The number of nitrogens with one attached hydrogen (secondary N) is 1. The normalized spacial score (nSPS) is 10.1. The van der Waals surface area contributed by atoms with Crippen molar-refractivity contribution in [3.63, 3.8) is 0 Å². The Hall–Kier alpha value is -0.860. The van der Waals surface area contributed by atoms with E-state index in [0.29, 0.717) is 0 Å². The average Bonchev–Trinajstić information content (AvgIpc) is 2.14. The van der Waals surface area contributed by atoms with Crippen LogP contribution in [0.2, 0.25) is 0 Å². The molecule has 0 aromatic heterocycles. The lowest BCUT2D eigenvalue weighted by Gasteiger charge is -2.02. The molecular formula is C10H15N2. The summed E-state index contributed by atoms with van der Waals surface area (Å²) in [7, 11) is 0. The first kappa shape index (κ1) is 9.23. The third kappa shape index (κ3) is 3.51. The van der Waals surface area contributed by atoms with Gasteiger partial charge < -0.3 is 11.1 Å². The molecule has 12 heavy (non-hydrogen) atoms. The quantitative estimate of drug-likeness (QED) is 0.634. The first-order chi connectivity index (χ1) is 5.93. The van der Waals surface area contributed by atoms with Gasteiger partial charge in [-0.25, -0.2) is 0 Å². The Morgan fingerprint density at radius 3 is 2.75 bits per heavy atom. The highest BCUT2D eigenvalue weighted by atomic mass is 14.8. The van der Waals surface area contributed by atoms with E-state index in [1.165, 1.54) is 5.56 Å². The number of rotatable bonds is 5. The summed E-state index contributed by atoms with van der Waals surface area (Å²) < 4.78 is 0. The van der Waals surface area contributed by atoms with Crippen molar-refractivity contribution in [2.75, 3.05) is 13.1 Å². The van der Waals surface area contributed by atoms with E-state index in [1.54, 1.807) is 0 Å². The van der Waals surface area contributed by atoms with Crippen molar-refractivity contribution in [1.82, 2.24) is 5.32 Å². The van der Waals surface area contributed by atoms with E-state index in [-0.39, 0.29) is 0 Å². The summed E-state index contributed by atoms with van der Waals surface area (Å²) in [6, 6.07) is 11.0. The van der Waals surface area contributed by atoms with E-state index in [2.05, 4.69) is 23.5 Å². The zero-order valence-corrected chi connectivity index (χ0v) is 7.22. The molecule has 1 aromatic carbocycles. The predicted octanol–water partition coefficient (Wildman–Crippen LogP) is 0.925. The minimum atomic E-state index is 0.759. The fraction of sp³-hybridized carbons (Fsp3) is 0.400. The number of benzene rings is 1. The minimum absolute atomic E-state index is 0.759. The fourth-order valence-electron chi connectivity index (χ4n) is 0.999. The highest BCUT2D eigenvalue weighted by molar-refractivity contribution is 5.13. The molecule has 0 aliphatic rings. The largest absolute Gasteiger partial charge is 0.330 e. The molecule has 65 valence electrons. The SMILES string of the molecule is NCCCNCc1cc[c]cc1. The summed E-state index contributed by atoms with van der Waals surface area (Å²) in [5.74, 6) is 0. The highest BCUT2D eigenvalue weighted by Crippen LogP contribution is 1.95. The van der Waals surface area contributed by atoms with E-state index in [4.69, 9.17) is 5.73 Å². The summed E-state index contributed by atoms with van der Waals surface area (Å²) >= 11 is 0. The van der Waals surface area contributed by atoms with Crippen LogP contribution in [0.3, 0.4) is 0 Å². The van der Waals surface area contributed by atoms with Crippen molar-refractivity contribution < 1.29 is 0 Å². The van der Waals surface area contributed by atoms with Crippen molar-refractivity contribution in [1.29, 1.82) is 0 Å². The van der Waals surface area contributed by atoms with Crippen LogP contribution >= 0.6 is 0 Å². The van der Waals surface area contributed by atoms with E-state index in [1.807, 2.05) is 12.1 Å². The van der Waals surface area contributed by atoms with Gasteiger partial charge in [-0.1, -0.05) is 24.3 Å². The summed E-state index contributed by atoms with van der Waals surface area (Å²) in [4.78, 5) is 0. The fourth-order valence-corrected chi connectivity index (χ4v) is 0.999. The Morgan fingerprint density at radius 1 is 1.33 bits per heavy atom. The topological polar surface area (TPSA) is 38.0 Å². The monoisotopic (exact) mass is 163 g/mol. The van der Waals surface area contributed by atoms with E-state index >= 15 is 0 Å². The Morgan fingerprint density at radius 2 is 2.08 bits per heavy atom. The van der Waals surface area contributed by atoms with Crippen molar-refractivity contribution in [2.45, 2.75) is 13.0 Å². The van der Waals surface area contributed by atoms with Crippen LogP contribution < -0.4 is 11.1 Å². The van der Waals surface area contributed by atoms with Gasteiger partial charge in [0.2, 0.25) is 0 Å². The molecule has 1 aromatic rings. The standard InChI is InChI=1S/C10H15N2/c11-7-4-8-12-9-10-5-2-1-3-6-10/h2-3,5-6,12H,4,7-9,11H2. The van der Waals surface area contributed by atoms with Gasteiger partial charge in [0.15, 0.2) is 0 Å². The van der Waals surface area contributed by atoms with Crippen molar-refractivity contribution in [3.8, 4) is 0 Å². The molecule has 0 fully saturated rings. The summed E-state index contributed by atoms with van der Waals surface area (Å²) in [6.45, 7) is 2.68. The van der Waals surface area contributed by atoms with Crippen LogP contribution in [0.25, 0.3) is 0 Å². The molecule has 0 saturated heterocycles. The maximum Gasteiger partial charge on any atom is 0.0205 e. The first-order valence-corrected chi connectivity index (χ1v) is 4.29. The molecule has 2 heteroatoms. The van der Waals surface area contributed by atoms with Gasteiger partial charge in [-0.3, -0.25) is 0 Å². The lowest BCUT2D eigenvalue weighted by molar-refractivity contribution is 0.655. The number of hydrogen-bond acceptors (Lipinski definition) is 2. The molecule has 0 amide bonds. The Kier molecular flexibility index (Phi) is 4.42. The van der Waals surface area contributed by atoms with Crippen LogP contribution in [-0.4, -0.2) is 13.1 Å². The zero-order chi connectivity index (χ0) is 8.65. The third-order valence-corrected chi connectivity index (χ3v) is 1.67. The molecule has 0 heterocycles. The predicted molar refractivity (Wildman–Crippen MR) is 50.7 cm³/mol. The second-order valence-corrected chi connectivity index (χ2v) is 2.73. The van der Waals surface area contributed by atoms with Gasteiger partial charge in [-0.2, -0.15) is 0 Å². The third-order valence-electron chi connectivity index (χ3n) is 1.67. The van der Waals surface area contributed by atoms with Gasteiger partial charge in [0.1, 0.15) is 0 Å². The van der Waals surface area contributed by atoms with Gasteiger partial charge in [-0.05, 0) is 31.1 Å². The lowest BCUT2D eigenvalue weighted by atomic mass is 10.2. The van der Waals surface area contributed by atoms with Crippen molar-refractivity contribution in [2.24, 2.45) is 5.73 Å². The van der Waals surface area contributed by atoms with E-state index in [0.717, 1.165) is 26.1 Å². The molecule has 0 atom stereocenters. The summed E-state index contributed by atoms with van der Waals surface area (Å²) in [6.07, 6.45) is 1.04. The molecule has 3 N–H and O–H groups in total. The van der Waals surface area contributed by atoms with Crippen LogP contribution in [0.5, 0.6) is 0 Å². The summed E-state index contributed by atoms with van der Waals surface area (Å²) in [5.41, 5.74) is 6.66. The average molecular weight is 163 g/mol. The lowest BCUT2D eigenvalue weighted by Crippen LogP contribution is -2.17. The van der Waals surface area contributed by atoms with Crippen LogP contribution in [-0.2, 0) is 6.54 Å². The highest BCUT2D eigenvalue weighted by Gasteiger charge is 1.88. The Bertz CT molecular complexity index is 196. The van der Waals surface area contributed by atoms with E-state index in [9.17, 15) is 0 Å². The molecule has 0 bridgehead atoms. The van der Waals surface area contributed by atoms with Crippen molar-refractivity contribution >= 4 is 0 Å². The molecule has 0 saturated carbocycles. The maximum atomic E-state index is 5.36. The molecule has 2 nitrogen and oxygen atoms in total. The van der Waals surface area contributed by atoms with Gasteiger partial charge in [0, 0.05) is 6.54 Å². The molecule has 0 unspecified atom stereocenters. The van der Waals surface area contributed by atoms with E-state index < -0.39 is 0 Å².